The zero-order chi connectivity index (χ0) is 17.5. The largest absolute Gasteiger partial charge is 0.330 e. The van der Waals surface area contributed by atoms with Gasteiger partial charge in [-0.1, -0.05) is 11.6 Å². The maximum absolute atomic E-state index is 12.8. The van der Waals surface area contributed by atoms with E-state index in [9.17, 15) is 13.2 Å². The molecule has 1 amide bonds. The van der Waals surface area contributed by atoms with E-state index >= 15 is 0 Å². The summed E-state index contributed by atoms with van der Waals surface area (Å²) < 4.78 is 24.4. The molecule has 2 atom stereocenters. The van der Waals surface area contributed by atoms with Crippen molar-refractivity contribution in [2.45, 2.75) is 32.9 Å². The Morgan fingerprint density at radius 2 is 2.04 bits per heavy atom. The first-order valence-corrected chi connectivity index (χ1v) is 10.00. The minimum absolute atomic E-state index is 0.0398. The fourth-order valence-corrected chi connectivity index (χ4v) is 5.49. The molecule has 0 saturated carbocycles. The highest BCUT2D eigenvalue weighted by molar-refractivity contribution is 7.91. The lowest BCUT2D eigenvalue weighted by molar-refractivity contribution is 0.0363. The van der Waals surface area contributed by atoms with Crippen LogP contribution in [0.4, 0.5) is 0 Å². The van der Waals surface area contributed by atoms with Crippen LogP contribution in [0, 0.1) is 6.92 Å². The predicted molar refractivity (Wildman–Crippen MR) is 91.6 cm³/mol. The van der Waals surface area contributed by atoms with Gasteiger partial charge in [0, 0.05) is 31.4 Å². The normalized spacial score (nSPS) is 26.2. The molecule has 1 aromatic rings. The van der Waals surface area contributed by atoms with Gasteiger partial charge in [-0.15, -0.1) is 0 Å². The SMILES string of the molecule is CC(C)=CCN1CCN(C(=O)c2cc(C)[nH]n2)C2CS(=O)(=O)CC21. The Kier molecular flexibility index (Phi) is 4.52. The summed E-state index contributed by atoms with van der Waals surface area (Å²) in [4.78, 5) is 16.6. The van der Waals surface area contributed by atoms with Crippen molar-refractivity contribution in [1.82, 2.24) is 20.0 Å². The van der Waals surface area contributed by atoms with E-state index in [-0.39, 0.29) is 29.5 Å². The van der Waals surface area contributed by atoms with E-state index in [1.165, 1.54) is 5.57 Å². The van der Waals surface area contributed by atoms with E-state index in [1.807, 2.05) is 20.8 Å². The minimum Gasteiger partial charge on any atom is -0.330 e. The molecule has 3 heterocycles. The number of nitrogens with zero attached hydrogens (tertiary/aromatic N) is 3. The Morgan fingerprint density at radius 1 is 1.33 bits per heavy atom. The molecule has 8 heteroatoms. The van der Waals surface area contributed by atoms with Crippen LogP contribution >= 0.6 is 0 Å². The molecule has 1 N–H and O–H groups in total. The number of rotatable bonds is 3. The summed E-state index contributed by atoms with van der Waals surface area (Å²) in [6.45, 7) is 7.82. The van der Waals surface area contributed by atoms with Crippen molar-refractivity contribution in [3.05, 3.63) is 29.1 Å². The van der Waals surface area contributed by atoms with E-state index in [4.69, 9.17) is 0 Å². The third-order valence-electron chi connectivity index (χ3n) is 4.71. The molecule has 0 radical (unpaired) electrons. The number of allylic oxidation sites excluding steroid dienone is 1. The summed E-state index contributed by atoms with van der Waals surface area (Å²) in [5, 5.41) is 6.80. The van der Waals surface area contributed by atoms with Gasteiger partial charge in [-0.3, -0.25) is 14.8 Å². The Bertz CT molecular complexity index is 764. The Morgan fingerprint density at radius 3 is 2.67 bits per heavy atom. The van der Waals surface area contributed by atoms with Crippen LogP contribution in [0.3, 0.4) is 0 Å². The van der Waals surface area contributed by atoms with Crippen LogP contribution in [0.25, 0.3) is 0 Å². The van der Waals surface area contributed by atoms with Crippen LogP contribution in [0.2, 0.25) is 0 Å². The standard InChI is InChI=1S/C16H24N4O3S/c1-11(2)4-5-19-6-7-20(15-10-24(22,23)9-14(15)19)16(21)13-8-12(3)17-18-13/h4,8,14-15H,5-7,9-10H2,1-3H3,(H,17,18). The van der Waals surface area contributed by atoms with E-state index in [0.29, 0.717) is 18.8 Å². The Balaban J connectivity index is 1.84. The molecule has 0 bridgehead atoms. The van der Waals surface area contributed by atoms with Gasteiger partial charge < -0.3 is 4.90 Å². The molecule has 132 valence electrons. The lowest BCUT2D eigenvalue weighted by atomic mass is 10.0. The van der Waals surface area contributed by atoms with Crippen LogP contribution in [0.15, 0.2) is 17.7 Å². The second-order valence-electron chi connectivity index (χ2n) is 6.92. The first kappa shape index (κ1) is 17.2. The predicted octanol–water partition coefficient (Wildman–Crippen LogP) is 0.608. The van der Waals surface area contributed by atoms with Gasteiger partial charge in [-0.25, -0.2) is 8.42 Å². The zero-order valence-corrected chi connectivity index (χ0v) is 15.1. The molecule has 2 saturated heterocycles. The van der Waals surface area contributed by atoms with Crippen LogP contribution in [-0.4, -0.2) is 77.5 Å². The van der Waals surface area contributed by atoms with Crippen LogP contribution in [-0.2, 0) is 9.84 Å². The minimum atomic E-state index is -3.13. The first-order valence-electron chi connectivity index (χ1n) is 8.17. The number of amides is 1. The number of H-pyrrole nitrogens is 1. The Hall–Kier alpha value is -1.67. The molecule has 24 heavy (non-hydrogen) atoms. The Labute approximate surface area is 142 Å². The summed E-state index contributed by atoms with van der Waals surface area (Å²) in [5.41, 5.74) is 2.38. The van der Waals surface area contributed by atoms with Gasteiger partial charge in [0.2, 0.25) is 0 Å². The number of fused-ring (bicyclic) bond motifs is 1. The number of carbonyl (C=O) groups is 1. The zero-order valence-electron chi connectivity index (χ0n) is 14.3. The van der Waals surface area contributed by atoms with E-state index in [0.717, 1.165) is 12.2 Å². The second kappa shape index (κ2) is 6.33. The summed E-state index contributed by atoms with van der Waals surface area (Å²) in [5.74, 6) is -0.0243. The quantitative estimate of drug-likeness (QED) is 0.806. The lowest BCUT2D eigenvalue weighted by Crippen LogP contribution is -2.60. The van der Waals surface area contributed by atoms with E-state index in [2.05, 4.69) is 21.2 Å². The number of aromatic nitrogens is 2. The fourth-order valence-electron chi connectivity index (χ4n) is 3.48. The van der Waals surface area contributed by atoms with Gasteiger partial charge in [0.1, 0.15) is 5.69 Å². The van der Waals surface area contributed by atoms with E-state index in [1.54, 1.807) is 11.0 Å². The van der Waals surface area contributed by atoms with Crippen molar-refractivity contribution < 1.29 is 13.2 Å². The molecule has 3 rings (SSSR count). The highest BCUT2D eigenvalue weighted by Crippen LogP contribution is 2.28. The van der Waals surface area contributed by atoms with Gasteiger partial charge in [-0.2, -0.15) is 5.10 Å². The highest BCUT2D eigenvalue weighted by atomic mass is 32.2. The van der Waals surface area contributed by atoms with Gasteiger partial charge in [0.15, 0.2) is 9.84 Å². The van der Waals surface area contributed by atoms with Crippen LogP contribution in [0.5, 0.6) is 0 Å². The molecule has 0 aromatic carbocycles. The fraction of sp³-hybridized carbons (Fsp3) is 0.625. The number of sulfone groups is 1. The van der Waals surface area contributed by atoms with E-state index < -0.39 is 9.84 Å². The monoisotopic (exact) mass is 352 g/mol. The van der Waals surface area contributed by atoms with Gasteiger partial charge in [0.05, 0.1) is 17.5 Å². The van der Waals surface area contributed by atoms with Crippen LogP contribution in [0.1, 0.15) is 30.0 Å². The van der Waals surface area contributed by atoms with Crippen molar-refractivity contribution in [3.63, 3.8) is 0 Å². The molecule has 0 aliphatic carbocycles. The number of aromatic amines is 1. The van der Waals surface area contributed by atoms with Gasteiger partial charge >= 0.3 is 0 Å². The molecular formula is C16H24N4O3S. The number of carbonyl (C=O) groups excluding carboxylic acids is 1. The van der Waals surface area contributed by atoms with Crippen molar-refractivity contribution in [2.24, 2.45) is 0 Å². The van der Waals surface area contributed by atoms with Crippen molar-refractivity contribution in [2.75, 3.05) is 31.1 Å². The summed E-state index contributed by atoms with van der Waals surface area (Å²) >= 11 is 0. The molecule has 7 nitrogen and oxygen atoms in total. The summed E-state index contributed by atoms with van der Waals surface area (Å²) in [7, 11) is -3.13. The highest BCUT2D eigenvalue weighted by Gasteiger charge is 2.48. The summed E-state index contributed by atoms with van der Waals surface area (Å²) in [6, 6.07) is 1.28. The summed E-state index contributed by atoms with van der Waals surface area (Å²) in [6.07, 6.45) is 2.11. The third kappa shape index (κ3) is 3.39. The average Bonchev–Trinajstić information content (AvgIpc) is 3.06. The maximum atomic E-state index is 12.8. The number of nitrogens with one attached hydrogen (secondary N) is 1. The first-order chi connectivity index (χ1) is 11.3. The van der Waals surface area contributed by atoms with Gasteiger partial charge in [0.25, 0.3) is 5.91 Å². The molecule has 2 aliphatic heterocycles. The van der Waals surface area contributed by atoms with Crippen LogP contribution < -0.4 is 0 Å². The van der Waals surface area contributed by atoms with Crippen molar-refractivity contribution in [3.8, 4) is 0 Å². The molecule has 1 aromatic heterocycles. The molecule has 2 aliphatic rings. The topological polar surface area (TPSA) is 86.4 Å². The van der Waals surface area contributed by atoms with Gasteiger partial charge in [-0.05, 0) is 26.8 Å². The lowest BCUT2D eigenvalue weighted by Gasteiger charge is -2.43. The molecular weight excluding hydrogens is 328 g/mol. The number of aryl methyl sites for hydroxylation is 1. The number of hydrogen-bond acceptors (Lipinski definition) is 5. The second-order valence-corrected chi connectivity index (χ2v) is 9.08. The van der Waals surface area contributed by atoms with Crippen molar-refractivity contribution >= 4 is 15.7 Å². The number of hydrogen-bond donors (Lipinski definition) is 1. The molecule has 2 unspecified atom stereocenters. The number of piperazine rings is 1. The smallest absolute Gasteiger partial charge is 0.274 e. The molecule has 0 spiro atoms. The molecule has 2 fully saturated rings. The maximum Gasteiger partial charge on any atom is 0.274 e. The third-order valence-corrected chi connectivity index (χ3v) is 6.41. The van der Waals surface area contributed by atoms with Crippen molar-refractivity contribution in [1.29, 1.82) is 0 Å². The average molecular weight is 352 g/mol.